The molecule has 0 aliphatic heterocycles. The van der Waals surface area contributed by atoms with Crippen LogP contribution in [-0.2, 0) is 19.6 Å². The number of hydrogen-bond donors (Lipinski definition) is 1. The molecule has 1 aromatic heterocycles. The Morgan fingerprint density at radius 3 is 2.52 bits per heavy atom. The molecule has 0 radical (unpaired) electrons. The lowest BCUT2D eigenvalue weighted by atomic mass is 10.1. The second kappa shape index (κ2) is 10.1. The number of aliphatic hydroxyl groups excluding tert-OH is 1. The summed E-state index contributed by atoms with van der Waals surface area (Å²) in [5.74, 6) is 1.51. The Bertz CT molecular complexity index is 962. The summed E-state index contributed by atoms with van der Waals surface area (Å²) in [7, 11) is 0. The number of rotatable bonds is 9. The van der Waals surface area contributed by atoms with Crippen molar-refractivity contribution in [2.75, 3.05) is 0 Å². The van der Waals surface area contributed by atoms with Gasteiger partial charge in [0.25, 0.3) is 0 Å². The van der Waals surface area contributed by atoms with Crippen molar-refractivity contribution in [2.45, 2.75) is 45.4 Å². The minimum absolute atomic E-state index is 0.153. The number of unbranched alkanes of at least 4 members (excludes halogenated alkanes) is 1. The average molecular weight is 410 g/mol. The van der Waals surface area contributed by atoms with E-state index in [1.807, 2.05) is 59.2 Å². The van der Waals surface area contributed by atoms with E-state index in [0.29, 0.717) is 23.1 Å². The van der Waals surface area contributed by atoms with E-state index in [0.717, 1.165) is 36.2 Å². The molecule has 0 aliphatic carbocycles. The Hall–Kier alpha value is -2.81. The lowest BCUT2D eigenvalue weighted by Gasteiger charge is -2.14. The number of halogens is 1. The number of aromatic nitrogens is 2. The Kier molecular flexibility index (Phi) is 7.29. The summed E-state index contributed by atoms with van der Waals surface area (Å²) in [6.45, 7) is 2.54. The van der Waals surface area contributed by atoms with Gasteiger partial charge in [0.1, 0.15) is 17.6 Å². The first-order valence-electron chi connectivity index (χ1n) is 9.71. The Morgan fingerprint density at radius 2 is 1.90 bits per heavy atom. The summed E-state index contributed by atoms with van der Waals surface area (Å²) in [5.41, 5.74) is 2.49. The van der Waals surface area contributed by atoms with Gasteiger partial charge in [-0.1, -0.05) is 67.4 Å². The number of ether oxygens (including phenoxy) is 1. The van der Waals surface area contributed by atoms with Gasteiger partial charge in [-0.25, -0.2) is 4.98 Å². The summed E-state index contributed by atoms with van der Waals surface area (Å²) in [6.07, 6.45) is 2.24. The van der Waals surface area contributed by atoms with Gasteiger partial charge in [-0.15, -0.1) is 0 Å². The van der Waals surface area contributed by atoms with Crippen molar-refractivity contribution < 1.29 is 9.84 Å². The third kappa shape index (κ3) is 5.17. The van der Waals surface area contributed by atoms with Crippen molar-refractivity contribution in [3.8, 4) is 11.8 Å². The van der Waals surface area contributed by atoms with Gasteiger partial charge >= 0.3 is 0 Å². The van der Waals surface area contributed by atoms with Crippen LogP contribution in [0.15, 0.2) is 54.6 Å². The second-order valence-corrected chi connectivity index (χ2v) is 7.15. The quantitative estimate of drug-likeness (QED) is 0.536. The molecule has 0 saturated heterocycles. The number of nitrogens with zero attached hydrogens (tertiary/aromatic N) is 3. The number of imidazole rings is 1. The smallest absolute Gasteiger partial charge is 0.209 e. The summed E-state index contributed by atoms with van der Waals surface area (Å²) in [5, 5.41) is 19.5. The second-order valence-electron chi connectivity index (χ2n) is 6.79. The van der Waals surface area contributed by atoms with Gasteiger partial charge in [-0.05, 0) is 24.1 Å². The molecule has 0 amide bonds. The van der Waals surface area contributed by atoms with Crippen molar-refractivity contribution in [1.29, 1.82) is 5.26 Å². The van der Waals surface area contributed by atoms with Crippen molar-refractivity contribution in [2.24, 2.45) is 0 Å². The van der Waals surface area contributed by atoms with E-state index in [9.17, 15) is 10.4 Å². The van der Waals surface area contributed by atoms with Gasteiger partial charge in [-0.3, -0.25) is 0 Å². The minimum atomic E-state index is -0.656. The number of hydrogen-bond acceptors (Lipinski definition) is 4. The molecule has 150 valence electrons. The molecule has 0 aliphatic rings. The Balaban J connectivity index is 1.75. The molecule has 5 nitrogen and oxygen atoms in total. The number of aliphatic hydroxyl groups is 1. The van der Waals surface area contributed by atoms with Crippen LogP contribution in [0, 0.1) is 11.3 Å². The van der Waals surface area contributed by atoms with Crippen molar-refractivity contribution in [3.63, 3.8) is 0 Å². The van der Waals surface area contributed by atoms with Gasteiger partial charge in [0, 0.05) is 18.5 Å². The first-order valence-corrected chi connectivity index (χ1v) is 10.1. The van der Waals surface area contributed by atoms with Gasteiger partial charge in [0.15, 0.2) is 5.15 Å². The lowest BCUT2D eigenvalue weighted by Crippen LogP contribution is -2.09. The molecule has 2 aromatic carbocycles. The molecular weight excluding hydrogens is 386 g/mol. The molecule has 0 bridgehead atoms. The van der Waals surface area contributed by atoms with E-state index in [4.69, 9.17) is 16.3 Å². The largest absolute Gasteiger partial charge is 0.471 e. The van der Waals surface area contributed by atoms with Gasteiger partial charge in [0.05, 0.1) is 12.3 Å². The summed E-state index contributed by atoms with van der Waals surface area (Å²) >= 11 is 6.21. The molecule has 0 fully saturated rings. The number of aryl methyl sites for hydroxylation is 1. The summed E-state index contributed by atoms with van der Waals surface area (Å²) < 4.78 is 7.82. The van der Waals surface area contributed by atoms with Crippen LogP contribution in [0.4, 0.5) is 0 Å². The zero-order valence-electron chi connectivity index (χ0n) is 16.4. The zero-order valence-corrected chi connectivity index (χ0v) is 17.1. The monoisotopic (exact) mass is 409 g/mol. The normalized spacial score (nSPS) is 11.8. The van der Waals surface area contributed by atoms with Crippen LogP contribution >= 0.6 is 11.6 Å². The Labute approximate surface area is 176 Å². The molecule has 1 heterocycles. The highest BCUT2D eigenvalue weighted by Gasteiger charge is 2.16. The minimum Gasteiger partial charge on any atom is -0.471 e. The zero-order chi connectivity index (χ0) is 20.6. The molecule has 0 saturated carbocycles. The maximum absolute atomic E-state index is 9.70. The molecule has 3 aromatic rings. The highest BCUT2D eigenvalue weighted by atomic mass is 35.5. The molecule has 1 atom stereocenters. The Morgan fingerprint density at radius 1 is 1.17 bits per heavy atom. The predicted octanol–water partition coefficient (Wildman–Crippen LogP) is 5.06. The average Bonchev–Trinajstić information content (AvgIpc) is 3.06. The van der Waals surface area contributed by atoms with Crippen molar-refractivity contribution in [3.05, 3.63) is 82.4 Å². The van der Waals surface area contributed by atoms with Crippen LogP contribution in [0.25, 0.3) is 0 Å². The summed E-state index contributed by atoms with van der Waals surface area (Å²) in [4.78, 5) is 4.42. The van der Waals surface area contributed by atoms with E-state index in [1.165, 1.54) is 0 Å². The number of nitriles is 1. The SMILES string of the molecule is CCCCc1nc(Cl)c(CO)n1Cc1ccc(OC(C#N)c2ccccc2)cc1. The van der Waals surface area contributed by atoms with Crippen LogP contribution in [-0.4, -0.2) is 14.7 Å². The molecule has 3 rings (SSSR count). The first kappa shape index (κ1) is 20.9. The van der Waals surface area contributed by atoms with Crippen molar-refractivity contribution >= 4 is 11.6 Å². The standard InChI is InChI=1S/C23H24ClN3O2/c1-2-3-9-22-26-23(24)20(16-28)27(22)15-17-10-12-19(13-11-17)29-21(14-25)18-7-5-4-6-8-18/h4-8,10-13,21,28H,2-3,9,15-16H2,1H3. The van der Waals surface area contributed by atoms with Crippen molar-refractivity contribution in [1.82, 2.24) is 9.55 Å². The van der Waals surface area contributed by atoms with E-state index >= 15 is 0 Å². The molecular formula is C23H24ClN3O2. The highest BCUT2D eigenvalue weighted by Crippen LogP contribution is 2.24. The first-order chi connectivity index (χ1) is 14.2. The maximum Gasteiger partial charge on any atom is 0.209 e. The van der Waals surface area contributed by atoms with Gasteiger partial charge < -0.3 is 14.4 Å². The van der Waals surface area contributed by atoms with Gasteiger partial charge in [0.2, 0.25) is 6.10 Å². The summed E-state index contributed by atoms with van der Waals surface area (Å²) in [6, 6.07) is 19.2. The van der Waals surface area contributed by atoms with E-state index < -0.39 is 6.10 Å². The third-order valence-electron chi connectivity index (χ3n) is 4.74. The topological polar surface area (TPSA) is 71.1 Å². The fourth-order valence-electron chi connectivity index (χ4n) is 3.16. The molecule has 29 heavy (non-hydrogen) atoms. The lowest BCUT2D eigenvalue weighted by molar-refractivity contribution is 0.262. The molecule has 0 spiro atoms. The van der Waals surface area contributed by atoms with E-state index in [-0.39, 0.29) is 6.61 Å². The van der Waals surface area contributed by atoms with Crippen LogP contribution in [0.3, 0.4) is 0 Å². The fourth-order valence-corrected chi connectivity index (χ4v) is 3.42. The van der Waals surface area contributed by atoms with E-state index in [1.54, 1.807) is 0 Å². The van der Waals surface area contributed by atoms with Gasteiger partial charge in [-0.2, -0.15) is 5.26 Å². The fraction of sp³-hybridized carbons (Fsp3) is 0.304. The van der Waals surface area contributed by atoms with Crippen LogP contribution in [0.2, 0.25) is 5.15 Å². The predicted molar refractivity (Wildman–Crippen MR) is 113 cm³/mol. The molecule has 6 heteroatoms. The van der Waals surface area contributed by atoms with Crippen LogP contribution in [0.1, 0.15) is 48.5 Å². The third-order valence-corrected chi connectivity index (χ3v) is 5.05. The van der Waals surface area contributed by atoms with Crippen LogP contribution < -0.4 is 4.74 Å². The molecule has 1 unspecified atom stereocenters. The van der Waals surface area contributed by atoms with E-state index in [2.05, 4.69) is 18.0 Å². The van der Waals surface area contributed by atoms with Crippen LogP contribution in [0.5, 0.6) is 5.75 Å². The maximum atomic E-state index is 9.70. The molecule has 1 N–H and O–H groups in total. The highest BCUT2D eigenvalue weighted by molar-refractivity contribution is 6.30. The number of benzene rings is 2.